The van der Waals surface area contributed by atoms with E-state index < -0.39 is 0 Å². The number of carbonyl (C=O) groups excluding carboxylic acids is 3. The minimum absolute atomic E-state index is 0.00918. The van der Waals surface area contributed by atoms with Gasteiger partial charge >= 0.3 is 0 Å². The zero-order chi connectivity index (χ0) is 26.5. The quantitative estimate of drug-likeness (QED) is 0.463. The fourth-order valence-electron chi connectivity index (χ4n) is 5.41. The van der Waals surface area contributed by atoms with Crippen molar-refractivity contribution in [2.24, 2.45) is 0 Å². The number of aromatic hydroxyl groups is 1. The zero-order valence-corrected chi connectivity index (χ0v) is 21.4. The van der Waals surface area contributed by atoms with E-state index in [1.165, 1.54) is 5.56 Å². The SMILES string of the molecule is O=C1CN(C(=O)C2CCc3ccccc32)CCCCNC(=O)c2cccc(c2)-c2cc(ccc2O)CCN1. The molecule has 3 amide bonds. The molecule has 0 fully saturated rings. The van der Waals surface area contributed by atoms with E-state index in [0.29, 0.717) is 50.0 Å². The van der Waals surface area contributed by atoms with Gasteiger partial charge in [0.1, 0.15) is 5.75 Å². The summed E-state index contributed by atoms with van der Waals surface area (Å²) in [4.78, 5) is 40.9. The molecule has 3 N–H and O–H groups in total. The first-order chi connectivity index (χ1) is 18.5. The highest BCUT2D eigenvalue weighted by atomic mass is 16.3. The summed E-state index contributed by atoms with van der Waals surface area (Å²) in [6.07, 6.45) is 3.55. The predicted molar refractivity (Wildman–Crippen MR) is 146 cm³/mol. The van der Waals surface area contributed by atoms with Crippen LogP contribution in [0.1, 0.15) is 52.2 Å². The number of hydrogen-bond donors (Lipinski definition) is 3. The van der Waals surface area contributed by atoms with Gasteiger partial charge in [0.15, 0.2) is 0 Å². The summed E-state index contributed by atoms with van der Waals surface area (Å²) >= 11 is 0. The second-order valence-electron chi connectivity index (χ2n) is 10.0. The molecule has 1 unspecified atom stereocenters. The van der Waals surface area contributed by atoms with Crippen LogP contribution in [-0.2, 0) is 22.4 Å². The Morgan fingerprint density at radius 3 is 2.61 bits per heavy atom. The van der Waals surface area contributed by atoms with Crippen LogP contribution in [-0.4, -0.2) is 53.9 Å². The van der Waals surface area contributed by atoms with Gasteiger partial charge in [0, 0.05) is 30.8 Å². The molecule has 7 heteroatoms. The van der Waals surface area contributed by atoms with E-state index in [4.69, 9.17) is 0 Å². The lowest BCUT2D eigenvalue weighted by Crippen LogP contribution is -2.43. The Bertz CT molecular complexity index is 1350. The van der Waals surface area contributed by atoms with Crippen molar-refractivity contribution in [1.29, 1.82) is 0 Å². The number of amides is 3. The molecule has 0 saturated carbocycles. The van der Waals surface area contributed by atoms with Crippen molar-refractivity contribution in [1.82, 2.24) is 15.5 Å². The van der Waals surface area contributed by atoms with Gasteiger partial charge in [0.25, 0.3) is 5.91 Å². The average molecular weight is 512 g/mol. The Morgan fingerprint density at radius 2 is 1.71 bits per heavy atom. The third-order valence-electron chi connectivity index (χ3n) is 7.45. The first-order valence-electron chi connectivity index (χ1n) is 13.3. The second-order valence-corrected chi connectivity index (χ2v) is 10.0. The summed E-state index contributed by atoms with van der Waals surface area (Å²) in [6, 6.07) is 20.6. The molecular weight excluding hydrogens is 478 g/mol. The maximum atomic E-state index is 13.6. The summed E-state index contributed by atoms with van der Waals surface area (Å²) in [7, 11) is 0. The monoisotopic (exact) mass is 511 g/mol. The summed E-state index contributed by atoms with van der Waals surface area (Å²) < 4.78 is 0. The fourth-order valence-corrected chi connectivity index (χ4v) is 5.41. The molecule has 3 aromatic rings. The van der Waals surface area contributed by atoms with Crippen molar-refractivity contribution in [3.8, 4) is 16.9 Å². The number of rotatable bonds is 1. The molecule has 0 radical (unpaired) electrons. The van der Waals surface area contributed by atoms with Gasteiger partial charge in [-0.1, -0.05) is 42.5 Å². The Kier molecular flexibility index (Phi) is 7.73. The van der Waals surface area contributed by atoms with Crippen LogP contribution in [0.15, 0.2) is 66.7 Å². The lowest BCUT2D eigenvalue weighted by Gasteiger charge is -2.26. The van der Waals surface area contributed by atoms with Crippen molar-refractivity contribution >= 4 is 17.7 Å². The first-order valence-corrected chi connectivity index (χ1v) is 13.3. The molecule has 0 spiro atoms. The third-order valence-corrected chi connectivity index (χ3v) is 7.45. The maximum absolute atomic E-state index is 13.6. The predicted octanol–water partition coefficient (Wildman–Crippen LogP) is 3.80. The summed E-state index contributed by atoms with van der Waals surface area (Å²) in [5.74, 6) is -0.473. The Hall–Kier alpha value is -4.13. The highest BCUT2D eigenvalue weighted by Crippen LogP contribution is 2.34. The molecule has 1 heterocycles. The molecule has 0 aromatic heterocycles. The second kappa shape index (κ2) is 11.5. The molecule has 2 aliphatic rings. The van der Waals surface area contributed by atoms with Crippen LogP contribution in [0.25, 0.3) is 11.1 Å². The number of fused-ring (bicyclic) bond motifs is 6. The van der Waals surface area contributed by atoms with Gasteiger partial charge < -0.3 is 20.6 Å². The van der Waals surface area contributed by atoms with Crippen LogP contribution in [0, 0.1) is 0 Å². The molecule has 7 nitrogen and oxygen atoms in total. The van der Waals surface area contributed by atoms with Gasteiger partial charge in [-0.3, -0.25) is 14.4 Å². The number of hydrogen-bond acceptors (Lipinski definition) is 4. The molecule has 1 aliphatic heterocycles. The van der Waals surface area contributed by atoms with Gasteiger partial charge in [0.05, 0.1) is 12.5 Å². The van der Waals surface area contributed by atoms with Crippen LogP contribution in [0.2, 0.25) is 0 Å². The number of aryl methyl sites for hydroxylation is 1. The van der Waals surface area contributed by atoms with E-state index in [-0.39, 0.29) is 35.9 Å². The molecule has 3 aromatic carbocycles. The van der Waals surface area contributed by atoms with Crippen molar-refractivity contribution in [2.75, 3.05) is 26.2 Å². The summed E-state index contributed by atoms with van der Waals surface area (Å²) in [6.45, 7) is 1.34. The summed E-state index contributed by atoms with van der Waals surface area (Å²) in [5.41, 5.74) is 5.14. The smallest absolute Gasteiger partial charge is 0.251 e. The zero-order valence-electron chi connectivity index (χ0n) is 21.4. The lowest BCUT2D eigenvalue weighted by molar-refractivity contribution is -0.137. The van der Waals surface area contributed by atoms with Gasteiger partial charge in [-0.05, 0) is 78.6 Å². The van der Waals surface area contributed by atoms with Crippen molar-refractivity contribution in [3.63, 3.8) is 0 Å². The highest BCUT2D eigenvalue weighted by Gasteiger charge is 2.32. The minimum atomic E-state index is -0.223. The fraction of sp³-hybridized carbons (Fsp3) is 0.323. The number of benzene rings is 3. The largest absolute Gasteiger partial charge is 0.507 e. The van der Waals surface area contributed by atoms with E-state index in [1.807, 2.05) is 36.4 Å². The molecule has 1 aliphatic carbocycles. The minimum Gasteiger partial charge on any atom is -0.507 e. The van der Waals surface area contributed by atoms with E-state index >= 15 is 0 Å². The molecule has 38 heavy (non-hydrogen) atoms. The number of phenols is 1. The van der Waals surface area contributed by atoms with Crippen LogP contribution in [0.4, 0.5) is 0 Å². The van der Waals surface area contributed by atoms with E-state index in [9.17, 15) is 19.5 Å². The van der Waals surface area contributed by atoms with Crippen LogP contribution >= 0.6 is 0 Å². The van der Waals surface area contributed by atoms with E-state index in [2.05, 4.69) is 16.7 Å². The van der Waals surface area contributed by atoms with Gasteiger partial charge in [-0.25, -0.2) is 0 Å². The maximum Gasteiger partial charge on any atom is 0.251 e. The molecule has 196 valence electrons. The van der Waals surface area contributed by atoms with Gasteiger partial charge in [-0.15, -0.1) is 0 Å². The van der Waals surface area contributed by atoms with Crippen molar-refractivity contribution < 1.29 is 19.5 Å². The topological polar surface area (TPSA) is 98.7 Å². The number of nitrogens with zero attached hydrogens (tertiary/aromatic N) is 1. The Morgan fingerprint density at radius 1 is 0.868 bits per heavy atom. The average Bonchev–Trinajstić information content (AvgIpc) is 3.36. The standard InChI is InChI=1S/C31H33N3O4/c35-28-13-10-21-14-16-32-29(36)20-34(31(38)26-12-11-22-6-1-2-9-25(22)26)17-4-3-15-33-30(37)24-8-5-7-23(19-24)27(28)18-21/h1-2,5-10,13,18-19,26,35H,3-4,11-12,14-17,20H2,(H,32,36)(H,33,37). The molecule has 5 rings (SSSR count). The van der Waals surface area contributed by atoms with Crippen molar-refractivity contribution in [2.45, 2.75) is 38.0 Å². The van der Waals surface area contributed by atoms with Crippen LogP contribution in [0.3, 0.4) is 0 Å². The molecule has 1 atom stereocenters. The molecule has 4 bridgehead atoms. The van der Waals surface area contributed by atoms with Crippen LogP contribution < -0.4 is 10.6 Å². The third kappa shape index (κ3) is 5.72. The van der Waals surface area contributed by atoms with E-state index in [1.54, 1.807) is 29.2 Å². The van der Waals surface area contributed by atoms with Crippen LogP contribution in [0.5, 0.6) is 5.75 Å². The van der Waals surface area contributed by atoms with E-state index in [0.717, 1.165) is 29.5 Å². The van der Waals surface area contributed by atoms with Gasteiger partial charge in [-0.2, -0.15) is 0 Å². The Labute approximate surface area is 222 Å². The number of nitrogens with one attached hydrogen (secondary N) is 2. The normalized spacial score (nSPS) is 18.5. The number of phenolic OH excluding ortho intramolecular Hbond substituents is 1. The van der Waals surface area contributed by atoms with Gasteiger partial charge in [0.2, 0.25) is 11.8 Å². The highest BCUT2D eigenvalue weighted by molar-refractivity contribution is 5.95. The summed E-state index contributed by atoms with van der Waals surface area (Å²) in [5, 5.41) is 16.4. The first kappa shape index (κ1) is 25.5. The van der Waals surface area contributed by atoms with Crippen molar-refractivity contribution in [3.05, 3.63) is 89.0 Å². The number of carbonyl (C=O) groups is 3. The Balaban J connectivity index is 1.35. The molecular formula is C31H33N3O4. The molecule has 0 saturated heterocycles. The lowest BCUT2D eigenvalue weighted by atomic mass is 9.98.